The van der Waals surface area contributed by atoms with Gasteiger partial charge in [-0.3, -0.25) is 9.59 Å². The summed E-state index contributed by atoms with van der Waals surface area (Å²) < 4.78 is 31.4. The van der Waals surface area contributed by atoms with Crippen LogP contribution in [0.25, 0.3) is 33.1 Å². The van der Waals surface area contributed by atoms with Gasteiger partial charge in [0.2, 0.25) is 5.43 Å². The molecular weight excluding hydrogens is 583 g/mol. The molecule has 4 aromatic carbocycles. The lowest BCUT2D eigenvalue weighted by Crippen LogP contribution is -2.09. The van der Waals surface area contributed by atoms with Gasteiger partial charge in [0.05, 0.1) is 29.5 Å². The van der Waals surface area contributed by atoms with E-state index in [2.05, 4.69) is 0 Å². The standard InChI is InChI=1S/C35H31FO9/c1-2-20-17-27(21-7-10-23(36)11-8-21)28(37)19-30(20)44-16-4-15-43-29-14-13-26-33(40)24-12-9-22(35(41)42)18-31(24)45-34(26)25(29)5-3-6-32(38)39/h7-14,17-19,37H,2-6,15-16H2,1H3,(H,38,39)(H,41,42). The highest BCUT2D eigenvalue weighted by Gasteiger charge is 2.18. The van der Waals surface area contributed by atoms with Crippen LogP contribution < -0.4 is 14.9 Å². The van der Waals surface area contributed by atoms with Crippen molar-refractivity contribution in [1.29, 1.82) is 0 Å². The zero-order valence-corrected chi connectivity index (χ0v) is 24.5. The zero-order chi connectivity index (χ0) is 32.1. The zero-order valence-electron chi connectivity index (χ0n) is 24.5. The predicted octanol–water partition coefficient (Wildman–Crippen LogP) is 6.97. The molecule has 5 rings (SSSR count). The average Bonchev–Trinajstić information content (AvgIpc) is 3.02. The fourth-order valence-electron chi connectivity index (χ4n) is 5.18. The second kappa shape index (κ2) is 13.5. The van der Waals surface area contributed by atoms with E-state index in [9.17, 15) is 34.1 Å². The van der Waals surface area contributed by atoms with Gasteiger partial charge < -0.3 is 29.2 Å². The predicted molar refractivity (Wildman–Crippen MR) is 166 cm³/mol. The van der Waals surface area contributed by atoms with Crippen LogP contribution in [0.5, 0.6) is 17.2 Å². The van der Waals surface area contributed by atoms with Gasteiger partial charge in [-0.1, -0.05) is 19.1 Å². The van der Waals surface area contributed by atoms with Crippen LogP contribution in [0.2, 0.25) is 0 Å². The fourth-order valence-corrected chi connectivity index (χ4v) is 5.18. The molecule has 45 heavy (non-hydrogen) atoms. The first kappa shape index (κ1) is 31.1. The average molecular weight is 615 g/mol. The molecule has 0 saturated carbocycles. The van der Waals surface area contributed by atoms with Gasteiger partial charge in [-0.25, -0.2) is 9.18 Å². The number of rotatable bonds is 13. The maximum atomic E-state index is 13.4. The summed E-state index contributed by atoms with van der Waals surface area (Å²) in [5.41, 5.74) is 2.62. The van der Waals surface area contributed by atoms with Crippen LogP contribution in [0.15, 0.2) is 75.9 Å². The van der Waals surface area contributed by atoms with Crippen molar-refractivity contribution >= 4 is 33.9 Å². The van der Waals surface area contributed by atoms with Crippen LogP contribution in [-0.4, -0.2) is 40.5 Å². The summed E-state index contributed by atoms with van der Waals surface area (Å²) in [6.45, 7) is 2.45. The number of halogens is 1. The van der Waals surface area contributed by atoms with Crippen molar-refractivity contribution in [2.75, 3.05) is 13.2 Å². The number of fused-ring (bicyclic) bond motifs is 2. The largest absolute Gasteiger partial charge is 0.507 e. The summed E-state index contributed by atoms with van der Waals surface area (Å²) in [6.07, 6.45) is 1.52. The summed E-state index contributed by atoms with van der Waals surface area (Å²) in [5, 5.41) is 29.7. The van der Waals surface area contributed by atoms with E-state index >= 15 is 0 Å². The van der Waals surface area contributed by atoms with E-state index in [4.69, 9.17) is 13.9 Å². The van der Waals surface area contributed by atoms with E-state index in [0.29, 0.717) is 41.0 Å². The number of carboxylic acids is 2. The van der Waals surface area contributed by atoms with Gasteiger partial charge in [-0.2, -0.15) is 0 Å². The maximum absolute atomic E-state index is 13.4. The van der Waals surface area contributed by atoms with Gasteiger partial charge in [0.25, 0.3) is 0 Å². The monoisotopic (exact) mass is 614 g/mol. The minimum Gasteiger partial charge on any atom is -0.507 e. The Morgan fingerprint density at radius 3 is 2.27 bits per heavy atom. The fraction of sp³-hybridized carbons (Fsp3) is 0.229. The molecule has 0 aliphatic rings. The normalized spacial score (nSPS) is 11.2. The van der Waals surface area contributed by atoms with Crippen molar-refractivity contribution < 1.29 is 43.2 Å². The minimum absolute atomic E-state index is 0.0108. The van der Waals surface area contributed by atoms with Crippen LogP contribution in [0.1, 0.15) is 47.7 Å². The lowest BCUT2D eigenvalue weighted by atomic mass is 10.00. The van der Waals surface area contributed by atoms with Crippen LogP contribution in [0.4, 0.5) is 4.39 Å². The molecule has 0 amide bonds. The lowest BCUT2D eigenvalue weighted by Gasteiger charge is -2.16. The Balaban J connectivity index is 1.34. The lowest BCUT2D eigenvalue weighted by molar-refractivity contribution is -0.137. The molecule has 0 atom stereocenters. The molecule has 0 bridgehead atoms. The molecule has 9 nitrogen and oxygen atoms in total. The molecule has 10 heteroatoms. The number of aryl methyl sites for hydroxylation is 2. The minimum atomic E-state index is -1.16. The van der Waals surface area contributed by atoms with Crippen molar-refractivity contribution in [2.45, 2.75) is 39.0 Å². The number of benzene rings is 4. The first-order valence-corrected chi connectivity index (χ1v) is 14.5. The third-order valence-corrected chi connectivity index (χ3v) is 7.48. The smallest absolute Gasteiger partial charge is 0.335 e. The Kier molecular flexibility index (Phi) is 9.32. The Hall–Kier alpha value is -5.38. The van der Waals surface area contributed by atoms with Gasteiger partial charge in [-0.15, -0.1) is 0 Å². The third kappa shape index (κ3) is 6.90. The third-order valence-electron chi connectivity index (χ3n) is 7.48. The quantitative estimate of drug-likeness (QED) is 0.0946. The van der Waals surface area contributed by atoms with Crippen molar-refractivity contribution in [3.05, 3.63) is 99.5 Å². The number of phenolic OH excluding ortho intramolecular Hbond substituents is 1. The van der Waals surface area contributed by atoms with Gasteiger partial charge in [0.15, 0.2) is 0 Å². The van der Waals surface area contributed by atoms with Crippen LogP contribution in [-0.2, 0) is 17.6 Å². The maximum Gasteiger partial charge on any atom is 0.335 e. The van der Waals surface area contributed by atoms with E-state index in [1.165, 1.54) is 30.3 Å². The van der Waals surface area contributed by atoms with Crippen LogP contribution >= 0.6 is 0 Å². The molecule has 0 aliphatic carbocycles. The van der Waals surface area contributed by atoms with E-state index in [0.717, 1.165) is 5.56 Å². The number of aliphatic carboxylic acids is 1. The molecule has 0 fully saturated rings. The van der Waals surface area contributed by atoms with Crippen molar-refractivity contribution in [1.82, 2.24) is 0 Å². The number of aromatic carboxylic acids is 1. The molecule has 0 aliphatic heterocycles. The molecule has 0 saturated heterocycles. The number of ether oxygens (including phenoxy) is 2. The molecule has 1 heterocycles. The summed E-state index contributed by atoms with van der Waals surface area (Å²) in [6, 6.07) is 16.5. The van der Waals surface area contributed by atoms with Crippen molar-refractivity contribution in [2.24, 2.45) is 0 Å². The number of aromatic hydroxyl groups is 1. The molecule has 0 radical (unpaired) electrons. The van der Waals surface area contributed by atoms with Crippen LogP contribution in [0.3, 0.4) is 0 Å². The molecule has 5 aromatic rings. The Morgan fingerprint density at radius 2 is 1.58 bits per heavy atom. The second-order valence-corrected chi connectivity index (χ2v) is 10.5. The molecule has 232 valence electrons. The first-order valence-electron chi connectivity index (χ1n) is 14.5. The van der Waals surface area contributed by atoms with Gasteiger partial charge in [0.1, 0.15) is 34.2 Å². The first-order chi connectivity index (χ1) is 21.7. The van der Waals surface area contributed by atoms with Crippen molar-refractivity contribution in [3.63, 3.8) is 0 Å². The van der Waals surface area contributed by atoms with Crippen LogP contribution in [0, 0.1) is 5.82 Å². The molecular formula is C35H31FO9. The highest BCUT2D eigenvalue weighted by atomic mass is 19.1. The van der Waals surface area contributed by atoms with Gasteiger partial charge in [-0.05, 0) is 78.9 Å². The van der Waals surface area contributed by atoms with Gasteiger partial charge in [0, 0.05) is 30.0 Å². The molecule has 0 unspecified atom stereocenters. The highest BCUT2D eigenvalue weighted by molar-refractivity contribution is 5.96. The Labute approximate surface area is 257 Å². The Bertz CT molecular complexity index is 1940. The molecule has 0 spiro atoms. The SMILES string of the molecule is CCc1cc(-c2ccc(F)cc2)c(O)cc1OCCCOc1ccc2c(=O)c3ccc(C(=O)O)cc3oc2c1CCCC(=O)O. The van der Waals surface area contributed by atoms with E-state index in [-0.39, 0.29) is 77.0 Å². The number of hydrogen-bond acceptors (Lipinski definition) is 7. The molecule has 1 aromatic heterocycles. The van der Waals surface area contributed by atoms with E-state index in [1.54, 1.807) is 30.3 Å². The Morgan fingerprint density at radius 1 is 0.867 bits per heavy atom. The number of phenols is 1. The number of carboxylic acid groups (broad SMARTS) is 2. The topological polar surface area (TPSA) is 144 Å². The summed E-state index contributed by atoms with van der Waals surface area (Å²) >= 11 is 0. The molecule has 3 N–H and O–H groups in total. The summed E-state index contributed by atoms with van der Waals surface area (Å²) in [5.74, 6) is -1.53. The summed E-state index contributed by atoms with van der Waals surface area (Å²) in [7, 11) is 0. The van der Waals surface area contributed by atoms with E-state index < -0.39 is 11.9 Å². The van der Waals surface area contributed by atoms with Gasteiger partial charge >= 0.3 is 11.9 Å². The number of carbonyl (C=O) groups is 2. The highest BCUT2D eigenvalue weighted by Crippen LogP contribution is 2.36. The number of hydrogen-bond donors (Lipinski definition) is 3. The van der Waals surface area contributed by atoms with E-state index in [1.807, 2.05) is 13.0 Å². The second-order valence-electron chi connectivity index (χ2n) is 10.5. The van der Waals surface area contributed by atoms with Crippen molar-refractivity contribution in [3.8, 4) is 28.4 Å². The summed E-state index contributed by atoms with van der Waals surface area (Å²) in [4.78, 5) is 35.9.